The molecule has 0 spiro atoms. The summed E-state index contributed by atoms with van der Waals surface area (Å²) in [7, 11) is 1.82. The maximum atomic E-state index is 13.6. The molecule has 0 aliphatic carbocycles. The third-order valence-electron chi connectivity index (χ3n) is 2.92. The van der Waals surface area contributed by atoms with Crippen molar-refractivity contribution in [1.29, 1.82) is 0 Å². The van der Waals surface area contributed by atoms with Gasteiger partial charge in [0, 0.05) is 31.6 Å². The van der Waals surface area contributed by atoms with Crippen LogP contribution in [0.15, 0.2) is 30.3 Å². The number of aromatic nitrogens is 2. The molecule has 1 aromatic carbocycles. The summed E-state index contributed by atoms with van der Waals surface area (Å²) < 4.78 is 13.6. The Morgan fingerprint density at radius 2 is 1.90 bits per heavy atom. The van der Waals surface area contributed by atoms with Crippen molar-refractivity contribution >= 4 is 11.6 Å². The summed E-state index contributed by atoms with van der Waals surface area (Å²) in [6.45, 7) is 2.49. The summed E-state index contributed by atoms with van der Waals surface area (Å²) in [5, 5.41) is 6.15. The van der Waals surface area contributed by atoms with Gasteiger partial charge in [0.05, 0.1) is 0 Å². The zero-order chi connectivity index (χ0) is 14.4. The van der Waals surface area contributed by atoms with Gasteiger partial charge in [0.15, 0.2) is 0 Å². The fraction of sp³-hybridized carbons (Fsp3) is 0.333. The van der Waals surface area contributed by atoms with E-state index in [9.17, 15) is 4.39 Å². The summed E-state index contributed by atoms with van der Waals surface area (Å²) in [6, 6.07) is 8.54. The van der Waals surface area contributed by atoms with E-state index >= 15 is 0 Å². The van der Waals surface area contributed by atoms with Gasteiger partial charge in [-0.2, -0.15) is 0 Å². The second-order valence-corrected chi connectivity index (χ2v) is 4.50. The Hall–Kier alpha value is -2.17. The first kappa shape index (κ1) is 14.2. The molecule has 0 aliphatic rings. The van der Waals surface area contributed by atoms with Crippen molar-refractivity contribution < 1.29 is 4.39 Å². The number of nitrogens with one attached hydrogen (secondary N) is 2. The molecule has 106 valence electrons. The Morgan fingerprint density at radius 3 is 2.60 bits per heavy atom. The second kappa shape index (κ2) is 6.84. The molecule has 0 atom stereocenters. The fourth-order valence-electron chi connectivity index (χ4n) is 1.88. The molecule has 1 heterocycles. The van der Waals surface area contributed by atoms with Crippen molar-refractivity contribution in [2.45, 2.75) is 26.3 Å². The van der Waals surface area contributed by atoms with Crippen molar-refractivity contribution in [3.05, 3.63) is 47.5 Å². The van der Waals surface area contributed by atoms with Crippen molar-refractivity contribution in [3.63, 3.8) is 0 Å². The number of halogens is 1. The number of aryl methyl sites for hydroxylation is 1. The third-order valence-corrected chi connectivity index (χ3v) is 2.92. The van der Waals surface area contributed by atoms with Crippen LogP contribution < -0.4 is 10.6 Å². The molecule has 2 aromatic rings. The second-order valence-electron chi connectivity index (χ2n) is 4.50. The topological polar surface area (TPSA) is 49.8 Å². The molecule has 0 amide bonds. The molecule has 0 saturated carbocycles. The molecule has 2 rings (SSSR count). The van der Waals surface area contributed by atoms with Crippen molar-refractivity contribution in [2.24, 2.45) is 0 Å². The smallest absolute Gasteiger partial charge is 0.133 e. The number of rotatable bonds is 6. The number of anilines is 2. The molecule has 0 aliphatic heterocycles. The van der Waals surface area contributed by atoms with E-state index in [1.807, 2.05) is 19.2 Å². The maximum absolute atomic E-state index is 13.6. The highest BCUT2D eigenvalue weighted by atomic mass is 19.1. The molecule has 0 radical (unpaired) electrons. The number of nitrogens with zero attached hydrogens (tertiary/aromatic N) is 2. The first-order chi connectivity index (χ1) is 9.72. The van der Waals surface area contributed by atoms with Gasteiger partial charge in [-0.1, -0.05) is 25.1 Å². The van der Waals surface area contributed by atoms with Gasteiger partial charge in [-0.3, -0.25) is 0 Å². The molecule has 0 bridgehead atoms. The van der Waals surface area contributed by atoms with Gasteiger partial charge in [-0.25, -0.2) is 14.4 Å². The van der Waals surface area contributed by atoms with E-state index in [1.54, 1.807) is 12.1 Å². The monoisotopic (exact) mass is 274 g/mol. The van der Waals surface area contributed by atoms with Gasteiger partial charge in [0.2, 0.25) is 0 Å². The minimum atomic E-state index is -0.211. The van der Waals surface area contributed by atoms with E-state index in [-0.39, 0.29) is 5.82 Å². The van der Waals surface area contributed by atoms with Gasteiger partial charge in [0.25, 0.3) is 0 Å². The molecule has 0 fully saturated rings. The van der Waals surface area contributed by atoms with Crippen LogP contribution in [0.2, 0.25) is 0 Å². The zero-order valence-corrected chi connectivity index (χ0v) is 11.8. The van der Waals surface area contributed by atoms with Gasteiger partial charge in [-0.05, 0) is 12.5 Å². The van der Waals surface area contributed by atoms with Crippen molar-refractivity contribution in [1.82, 2.24) is 9.97 Å². The number of hydrogen-bond donors (Lipinski definition) is 2. The van der Waals surface area contributed by atoms with E-state index in [1.165, 1.54) is 6.07 Å². The lowest BCUT2D eigenvalue weighted by Gasteiger charge is -2.10. The van der Waals surface area contributed by atoms with E-state index in [4.69, 9.17) is 0 Å². The predicted octanol–water partition coefficient (Wildman–Crippen LogP) is 3.22. The molecule has 2 N–H and O–H groups in total. The van der Waals surface area contributed by atoms with E-state index in [0.29, 0.717) is 17.9 Å². The largest absolute Gasteiger partial charge is 0.373 e. The van der Waals surface area contributed by atoms with Crippen LogP contribution in [0, 0.1) is 5.82 Å². The van der Waals surface area contributed by atoms with Gasteiger partial charge >= 0.3 is 0 Å². The molecule has 1 aromatic heterocycles. The SMILES string of the molecule is CCCc1nc(NC)cc(NCc2ccccc2F)n1. The summed E-state index contributed by atoms with van der Waals surface area (Å²) in [5.74, 6) is 2.04. The molecule has 0 unspecified atom stereocenters. The average Bonchev–Trinajstić information content (AvgIpc) is 2.46. The molecular formula is C15H19FN4. The maximum Gasteiger partial charge on any atom is 0.133 e. The zero-order valence-electron chi connectivity index (χ0n) is 11.8. The highest BCUT2D eigenvalue weighted by Crippen LogP contribution is 2.14. The molecule has 4 nitrogen and oxygen atoms in total. The number of benzene rings is 1. The Morgan fingerprint density at radius 1 is 1.15 bits per heavy atom. The van der Waals surface area contributed by atoms with E-state index in [0.717, 1.165) is 24.5 Å². The van der Waals surface area contributed by atoms with Crippen LogP contribution in [0.5, 0.6) is 0 Å². The normalized spacial score (nSPS) is 10.3. The summed E-state index contributed by atoms with van der Waals surface area (Å²) in [5.41, 5.74) is 0.620. The Kier molecular flexibility index (Phi) is 4.87. The van der Waals surface area contributed by atoms with Gasteiger partial charge < -0.3 is 10.6 Å². The summed E-state index contributed by atoms with van der Waals surface area (Å²) in [6.07, 6.45) is 1.81. The van der Waals surface area contributed by atoms with Crippen LogP contribution in [0.25, 0.3) is 0 Å². The quantitative estimate of drug-likeness (QED) is 0.849. The minimum absolute atomic E-state index is 0.211. The molecule has 0 saturated heterocycles. The van der Waals surface area contributed by atoms with Crippen LogP contribution in [-0.2, 0) is 13.0 Å². The van der Waals surface area contributed by atoms with Crippen LogP contribution in [-0.4, -0.2) is 17.0 Å². The fourth-order valence-corrected chi connectivity index (χ4v) is 1.88. The summed E-state index contributed by atoms with van der Waals surface area (Å²) in [4.78, 5) is 8.81. The number of hydrogen-bond acceptors (Lipinski definition) is 4. The first-order valence-electron chi connectivity index (χ1n) is 6.76. The Bertz CT molecular complexity index is 572. The summed E-state index contributed by atoms with van der Waals surface area (Å²) >= 11 is 0. The highest BCUT2D eigenvalue weighted by molar-refractivity contribution is 5.47. The van der Waals surface area contributed by atoms with Crippen LogP contribution in [0.3, 0.4) is 0 Å². The van der Waals surface area contributed by atoms with Gasteiger partial charge in [0.1, 0.15) is 23.3 Å². The van der Waals surface area contributed by atoms with Crippen LogP contribution >= 0.6 is 0 Å². The average molecular weight is 274 g/mol. The van der Waals surface area contributed by atoms with Crippen LogP contribution in [0.4, 0.5) is 16.0 Å². The molecule has 5 heteroatoms. The van der Waals surface area contributed by atoms with E-state index < -0.39 is 0 Å². The molecular weight excluding hydrogens is 255 g/mol. The third kappa shape index (κ3) is 3.66. The Labute approximate surface area is 118 Å². The van der Waals surface area contributed by atoms with E-state index in [2.05, 4.69) is 27.5 Å². The van der Waals surface area contributed by atoms with Gasteiger partial charge in [-0.15, -0.1) is 0 Å². The van der Waals surface area contributed by atoms with Crippen molar-refractivity contribution in [2.75, 3.05) is 17.7 Å². The predicted molar refractivity (Wildman–Crippen MR) is 79.3 cm³/mol. The first-order valence-corrected chi connectivity index (χ1v) is 6.76. The lowest BCUT2D eigenvalue weighted by molar-refractivity contribution is 0.613. The lowest BCUT2D eigenvalue weighted by atomic mass is 10.2. The minimum Gasteiger partial charge on any atom is -0.373 e. The standard InChI is InChI=1S/C15H19FN4/c1-3-6-13-19-14(17-2)9-15(20-13)18-10-11-7-4-5-8-12(11)16/h4-5,7-9H,3,6,10H2,1-2H3,(H2,17,18,19,20). The highest BCUT2D eigenvalue weighted by Gasteiger charge is 2.05. The lowest BCUT2D eigenvalue weighted by Crippen LogP contribution is -2.07. The Balaban J connectivity index is 2.12. The van der Waals surface area contributed by atoms with Crippen molar-refractivity contribution in [3.8, 4) is 0 Å². The molecule has 20 heavy (non-hydrogen) atoms. The van der Waals surface area contributed by atoms with Crippen LogP contribution in [0.1, 0.15) is 24.7 Å².